The summed E-state index contributed by atoms with van der Waals surface area (Å²) >= 11 is 0. The number of nitrogens with one attached hydrogen (secondary N) is 3. The van der Waals surface area contributed by atoms with Crippen molar-refractivity contribution in [1.29, 1.82) is 0 Å². The van der Waals surface area contributed by atoms with Crippen LogP contribution in [-0.2, 0) is 28.7 Å². The molecule has 70 heavy (non-hydrogen) atoms. The Morgan fingerprint density at radius 2 is 0.929 bits per heavy atom. The van der Waals surface area contributed by atoms with Crippen molar-refractivity contribution < 1.29 is 47.7 Å². The molecule has 0 heterocycles. The summed E-state index contributed by atoms with van der Waals surface area (Å²) in [5.41, 5.74) is 0.576. The van der Waals surface area contributed by atoms with Gasteiger partial charge in [-0.2, -0.15) is 0 Å². The van der Waals surface area contributed by atoms with Gasteiger partial charge in [-0.25, -0.2) is 9.59 Å². The lowest BCUT2D eigenvalue weighted by Gasteiger charge is -2.36. The van der Waals surface area contributed by atoms with Gasteiger partial charge < -0.3 is 39.4 Å². The van der Waals surface area contributed by atoms with Crippen LogP contribution < -0.4 is 25.4 Å². The van der Waals surface area contributed by atoms with Crippen LogP contribution in [0.3, 0.4) is 0 Å². The zero-order valence-corrected chi connectivity index (χ0v) is 41.9. The molecule has 10 unspecified atom stereocenters. The zero-order chi connectivity index (χ0) is 48.9. The van der Waals surface area contributed by atoms with Gasteiger partial charge in [-0.15, -0.1) is 12.4 Å². The number of amides is 4. The smallest absolute Gasteiger partial charge is 0.342 e. The molecule has 8 rings (SSSR count). The van der Waals surface area contributed by atoms with Gasteiger partial charge in [0, 0.05) is 24.9 Å². The first-order valence-corrected chi connectivity index (χ1v) is 24.7. The average Bonchev–Trinajstić information content (AvgIpc) is 4.12. The third kappa shape index (κ3) is 10.9. The largest absolute Gasteiger partial charge is 0.493 e. The number of hydrogen-bond donors (Lipinski definition) is 3. The number of rotatable bonds is 20. The van der Waals surface area contributed by atoms with Gasteiger partial charge >= 0.3 is 11.9 Å². The maximum absolute atomic E-state index is 14.9. The van der Waals surface area contributed by atoms with Gasteiger partial charge in [0.15, 0.2) is 0 Å². The highest BCUT2D eigenvalue weighted by Gasteiger charge is 2.62. The molecule has 0 aromatic heterocycles. The van der Waals surface area contributed by atoms with E-state index in [1.165, 1.54) is 0 Å². The molecule has 16 heteroatoms. The lowest BCUT2D eigenvalue weighted by Crippen LogP contribution is -2.53. The zero-order valence-electron chi connectivity index (χ0n) is 41.1. The summed E-state index contributed by atoms with van der Waals surface area (Å²) in [7, 11) is 7.82. The van der Waals surface area contributed by atoms with Crippen LogP contribution in [0.5, 0.6) is 11.5 Å². The van der Waals surface area contributed by atoms with Crippen molar-refractivity contribution in [3.05, 3.63) is 83.9 Å². The van der Waals surface area contributed by atoms with Gasteiger partial charge in [-0.05, 0) is 139 Å². The molecule has 10 atom stereocenters. The van der Waals surface area contributed by atoms with Gasteiger partial charge in [0.2, 0.25) is 23.6 Å². The van der Waals surface area contributed by atoms with E-state index in [0.29, 0.717) is 87.1 Å². The molecule has 4 aliphatic carbocycles. The quantitative estimate of drug-likeness (QED) is 0.0513. The van der Waals surface area contributed by atoms with Crippen molar-refractivity contribution in [2.24, 2.45) is 47.3 Å². The Bertz CT molecular complexity index is 2400. The molecule has 4 saturated carbocycles. The number of imide groups is 1. The fraction of sp³-hybridized carbons (Fsp3) is 0.519. The predicted molar refractivity (Wildman–Crippen MR) is 268 cm³/mol. The van der Waals surface area contributed by atoms with E-state index >= 15 is 0 Å². The first-order chi connectivity index (χ1) is 33.3. The fourth-order valence-electron chi connectivity index (χ4n) is 11.9. The Morgan fingerprint density at radius 3 is 1.31 bits per heavy atom. The molecular weight excluding hydrogens is 914 g/mol. The van der Waals surface area contributed by atoms with Gasteiger partial charge in [0.25, 0.3) is 0 Å². The molecule has 4 aromatic carbocycles. The van der Waals surface area contributed by atoms with E-state index in [1.807, 2.05) is 113 Å². The first kappa shape index (κ1) is 52.1. The summed E-state index contributed by atoms with van der Waals surface area (Å²) in [5.74, 6) is -7.59. The number of esters is 2. The van der Waals surface area contributed by atoms with Gasteiger partial charge in [-0.3, -0.25) is 24.5 Å². The van der Waals surface area contributed by atoms with Gasteiger partial charge in [0.1, 0.15) is 34.8 Å². The van der Waals surface area contributed by atoms with Crippen molar-refractivity contribution in [2.75, 3.05) is 67.6 Å². The predicted octanol–water partition coefficient (Wildman–Crippen LogP) is 6.29. The van der Waals surface area contributed by atoms with Crippen LogP contribution in [0.2, 0.25) is 0 Å². The van der Waals surface area contributed by atoms with E-state index < -0.39 is 71.5 Å². The molecule has 4 bridgehead atoms. The van der Waals surface area contributed by atoms with E-state index in [-0.39, 0.29) is 47.2 Å². The molecule has 0 aliphatic heterocycles. The van der Waals surface area contributed by atoms with E-state index in [9.17, 15) is 28.8 Å². The standard InChI is InChI=1S/C54H67N5O10.ClH/c1-7-66-39-21-19-31-15-9-11-17-35(31)45(39)53(64)68-41-29-33-27-37(41)47(43(33)49(60)55-23-13-25-58(3)4)51(62)57-52(63)48-38-28-34(44(48)50(61)56-24-14-26-59(5)6)30-42(38)69-54(65)46-36-18-12-10-16-32(36)20-22-40(46)67-8-2;/h9-12,15-22,33-34,37-38,41-44,47-48H,7-8,13-14,23-30H2,1-6H3,(H,55,60)(H,56,61)(H,57,62,63);1H. The molecule has 15 nitrogen and oxygen atoms in total. The highest BCUT2D eigenvalue weighted by molar-refractivity contribution is 6.08. The third-order valence-electron chi connectivity index (χ3n) is 14.8. The third-order valence-corrected chi connectivity index (χ3v) is 14.8. The minimum absolute atomic E-state index is 0. The van der Waals surface area contributed by atoms with Crippen LogP contribution >= 0.6 is 12.4 Å². The van der Waals surface area contributed by atoms with Crippen LogP contribution in [0, 0.1) is 47.3 Å². The van der Waals surface area contributed by atoms with Crippen LogP contribution in [0.4, 0.5) is 0 Å². The maximum Gasteiger partial charge on any atom is 0.342 e. The van der Waals surface area contributed by atoms with Gasteiger partial charge in [0.05, 0.1) is 36.9 Å². The number of ether oxygens (including phenoxy) is 4. The molecular formula is C54H68ClN5O10. The highest BCUT2D eigenvalue weighted by Crippen LogP contribution is 2.56. The average molecular weight is 983 g/mol. The molecule has 0 radical (unpaired) electrons. The van der Waals surface area contributed by atoms with Crippen molar-refractivity contribution in [1.82, 2.24) is 25.8 Å². The number of carbonyl (C=O) groups excluding carboxylic acids is 6. The number of halogens is 1. The van der Waals surface area contributed by atoms with E-state index in [4.69, 9.17) is 18.9 Å². The molecule has 4 fully saturated rings. The normalized spacial score (nSPS) is 25.1. The van der Waals surface area contributed by atoms with Crippen molar-refractivity contribution in [3.8, 4) is 11.5 Å². The summed E-state index contributed by atoms with van der Waals surface area (Å²) in [6.45, 7) is 6.66. The summed E-state index contributed by atoms with van der Waals surface area (Å²) < 4.78 is 24.4. The molecule has 4 aromatic rings. The second kappa shape index (κ2) is 23.0. The van der Waals surface area contributed by atoms with Crippen LogP contribution in [0.1, 0.15) is 73.1 Å². The van der Waals surface area contributed by atoms with E-state index in [2.05, 4.69) is 16.0 Å². The minimum atomic E-state index is -1.01. The van der Waals surface area contributed by atoms with E-state index in [1.54, 1.807) is 12.1 Å². The number of carbonyl (C=O) groups is 6. The molecule has 4 amide bonds. The number of benzene rings is 4. The highest BCUT2D eigenvalue weighted by atomic mass is 35.5. The topological polar surface area (TPSA) is 182 Å². The Labute approximate surface area is 416 Å². The molecule has 4 aliphatic rings. The maximum atomic E-state index is 14.9. The molecule has 0 saturated heterocycles. The lowest BCUT2D eigenvalue weighted by atomic mass is 9.75. The molecule has 0 spiro atoms. The number of nitrogens with zero attached hydrogens (tertiary/aromatic N) is 2. The summed E-state index contributed by atoms with van der Waals surface area (Å²) in [5, 5.41) is 11.8. The Kier molecular flexibility index (Phi) is 17.1. The fourth-order valence-corrected chi connectivity index (χ4v) is 11.9. The van der Waals surface area contributed by atoms with Crippen LogP contribution in [0.25, 0.3) is 21.5 Å². The Hall–Kier alpha value is -5.77. The number of fused-ring (bicyclic) bond motifs is 6. The summed E-state index contributed by atoms with van der Waals surface area (Å²) in [6.07, 6.45) is 1.58. The second-order valence-electron chi connectivity index (χ2n) is 19.7. The number of hydrogen-bond acceptors (Lipinski definition) is 12. The van der Waals surface area contributed by atoms with Crippen LogP contribution in [0.15, 0.2) is 72.8 Å². The first-order valence-electron chi connectivity index (χ1n) is 24.7. The second-order valence-corrected chi connectivity index (χ2v) is 19.7. The molecule has 376 valence electrons. The van der Waals surface area contributed by atoms with Crippen molar-refractivity contribution in [3.63, 3.8) is 0 Å². The van der Waals surface area contributed by atoms with Gasteiger partial charge in [-0.1, -0.05) is 60.7 Å². The molecule has 3 N–H and O–H groups in total. The summed E-state index contributed by atoms with van der Waals surface area (Å²) in [4.78, 5) is 90.6. The monoisotopic (exact) mass is 981 g/mol. The lowest BCUT2D eigenvalue weighted by molar-refractivity contribution is -0.147. The van der Waals surface area contributed by atoms with Crippen molar-refractivity contribution >= 4 is 69.5 Å². The van der Waals surface area contributed by atoms with Crippen LogP contribution in [-0.4, -0.2) is 125 Å². The Balaban J connectivity index is 0.00000722. The summed E-state index contributed by atoms with van der Waals surface area (Å²) in [6, 6.07) is 22.2. The van der Waals surface area contributed by atoms with E-state index in [0.717, 1.165) is 23.9 Å². The SMILES string of the molecule is CCOc1ccc2ccccc2c1C(=O)OC1CC2CC1C(C(=O)NC(=O)C1C3CC(CC3OC(=O)c3c(OCC)ccc4ccccc34)C1C(=O)NCCCN(C)C)C2C(=O)NCCCN(C)C.Cl. The van der Waals surface area contributed by atoms with Crippen molar-refractivity contribution in [2.45, 2.75) is 64.6 Å². The minimum Gasteiger partial charge on any atom is -0.493 e. The Morgan fingerprint density at radius 1 is 0.529 bits per heavy atom.